The number of rotatable bonds is 2. The number of hydrogen-bond acceptors (Lipinski definition) is 3. The molecule has 2 aromatic rings. The van der Waals surface area contributed by atoms with Gasteiger partial charge in [0, 0.05) is 5.56 Å². The summed E-state index contributed by atoms with van der Waals surface area (Å²) in [7, 11) is 0. The van der Waals surface area contributed by atoms with Crippen molar-refractivity contribution < 1.29 is 14.3 Å². The maximum atomic E-state index is 12.1. The van der Waals surface area contributed by atoms with Crippen LogP contribution >= 0.6 is 0 Å². The molecule has 0 amide bonds. The highest BCUT2D eigenvalue weighted by atomic mass is 16.6. The van der Waals surface area contributed by atoms with Crippen molar-refractivity contribution in [3.63, 3.8) is 0 Å². The van der Waals surface area contributed by atoms with E-state index in [1.165, 1.54) is 0 Å². The van der Waals surface area contributed by atoms with E-state index in [9.17, 15) is 10.0 Å². The monoisotopic (exact) mass is 267 g/mol. The summed E-state index contributed by atoms with van der Waals surface area (Å²) in [5, 5.41) is 12.1. The Bertz CT molecular complexity index is 637. The van der Waals surface area contributed by atoms with Crippen molar-refractivity contribution in [3.8, 4) is 0 Å². The summed E-state index contributed by atoms with van der Waals surface area (Å²) in [5.41, 5.74) is 1.63. The van der Waals surface area contributed by atoms with Gasteiger partial charge in [0.15, 0.2) is 6.10 Å². The van der Waals surface area contributed by atoms with E-state index in [-0.39, 0.29) is 0 Å². The number of hydroxylamine groups is 1. The van der Waals surface area contributed by atoms with Gasteiger partial charge in [0.25, 0.3) is 6.21 Å². The van der Waals surface area contributed by atoms with Crippen LogP contribution in [0.2, 0.25) is 0 Å². The van der Waals surface area contributed by atoms with Crippen LogP contribution in [0.4, 0.5) is 0 Å². The minimum Gasteiger partial charge on any atom is -0.623 e. The molecule has 0 saturated carbocycles. The van der Waals surface area contributed by atoms with Gasteiger partial charge in [0.1, 0.15) is 0 Å². The van der Waals surface area contributed by atoms with Gasteiger partial charge in [-0.1, -0.05) is 60.7 Å². The molecule has 1 heterocycles. The normalized spacial score (nSPS) is 22.0. The number of carbonyl (C=O) groups excluding carboxylic acids is 1. The van der Waals surface area contributed by atoms with Gasteiger partial charge in [-0.05, 0) is 5.56 Å². The molecule has 0 aliphatic carbocycles. The van der Waals surface area contributed by atoms with Gasteiger partial charge in [-0.2, -0.15) is 4.74 Å². The first-order valence-electron chi connectivity index (χ1n) is 6.36. The summed E-state index contributed by atoms with van der Waals surface area (Å²) in [4.78, 5) is 11.5. The summed E-state index contributed by atoms with van der Waals surface area (Å²) in [6.07, 6.45) is 0.352. The number of esters is 1. The lowest BCUT2D eigenvalue weighted by Gasteiger charge is -2.28. The zero-order valence-electron chi connectivity index (χ0n) is 10.7. The number of ether oxygens (including phenoxy) is 1. The quantitative estimate of drug-likeness (QED) is 0.477. The van der Waals surface area contributed by atoms with Gasteiger partial charge < -0.3 is 9.94 Å². The molecule has 2 aromatic carbocycles. The Morgan fingerprint density at radius 1 is 0.900 bits per heavy atom. The van der Waals surface area contributed by atoms with E-state index in [4.69, 9.17) is 4.74 Å². The summed E-state index contributed by atoms with van der Waals surface area (Å²) in [5.74, 6) is -0.610. The second-order valence-corrected chi connectivity index (χ2v) is 4.61. The van der Waals surface area contributed by atoms with E-state index in [0.717, 1.165) is 17.3 Å². The van der Waals surface area contributed by atoms with Gasteiger partial charge in [0.05, 0.1) is 0 Å². The highest BCUT2D eigenvalue weighted by Gasteiger charge is 2.38. The molecule has 4 heteroatoms. The predicted octanol–water partition coefficient (Wildman–Crippen LogP) is 2.61. The molecule has 0 N–H and O–H groups in total. The molecule has 3 rings (SSSR count). The van der Waals surface area contributed by atoms with Crippen molar-refractivity contribution >= 4 is 12.2 Å². The maximum Gasteiger partial charge on any atom is 0.397 e. The fourth-order valence-electron chi connectivity index (χ4n) is 2.40. The Hall–Kier alpha value is -2.62. The summed E-state index contributed by atoms with van der Waals surface area (Å²) >= 11 is 0. The largest absolute Gasteiger partial charge is 0.623 e. The van der Waals surface area contributed by atoms with Crippen LogP contribution in [0.15, 0.2) is 60.7 Å². The topological polar surface area (TPSA) is 52.4 Å². The summed E-state index contributed by atoms with van der Waals surface area (Å²) in [6, 6.07) is 18.1. The third-order valence-corrected chi connectivity index (χ3v) is 3.31. The molecular weight excluding hydrogens is 254 g/mol. The molecule has 0 spiro atoms. The number of nitrogens with zero attached hydrogens (tertiary/aromatic N) is 1. The number of benzene rings is 2. The standard InChI is InChI=1S/C16H13NO3/c18-14-11-17(19)15(12-7-3-1-4-8-12)16(20-14)13-9-5-2-6-10-13/h1-11,15-16H/t15-,16+/m0/s1. The summed E-state index contributed by atoms with van der Waals surface area (Å²) < 4.78 is 6.05. The zero-order valence-corrected chi connectivity index (χ0v) is 10.7. The minimum atomic E-state index is -0.610. The first-order chi connectivity index (χ1) is 9.75. The smallest absolute Gasteiger partial charge is 0.397 e. The van der Waals surface area contributed by atoms with E-state index < -0.39 is 18.1 Å². The molecule has 100 valence electrons. The first-order valence-corrected chi connectivity index (χ1v) is 6.36. The molecule has 0 unspecified atom stereocenters. The van der Waals surface area contributed by atoms with Gasteiger partial charge in [-0.25, -0.2) is 4.79 Å². The van der Waals surface area contributed by atoms with Crippen LogP contribution in [-0.4, -0.2) is 16.9 Å². The fraction of sp³-hybridized carbons (Fsp3) is 0.125. The Morgan fingerprint density at radius 3 is 2.05 bits per heavy atom. The Labute approximate surface area is 116 Å². The number of hydrogen-bond donors (Lipinski definition) is 0. The van der Waals surface area contributed by atoms with Gasteiger partial charge >= 0.3 is 5.97 Å². The Morgan fingerprint density at radius 2 is 1.45 bits per heavy atom. The van der Waals surface area contributed by atoms with Crippen LogP contribution in [0.3, 0.4) is 0 Å². The molecule has 0 radical (unpaired) electrons. The Balaban J connectivity index is 2.07. The fourth-order valence-corrected chi connectivity index (χ4v) is 2.40. The molecule has 0 fully saturated rings. The zero-order chi connectivity index (χ0) is 13.9. The van der Waals surface area contributed by atoms with Crippen LogP contribution in [0.5, 0.6) is 0 Å². The molecule has 4 nitrogen and oxygen atoms in total. The lowest BCUT2D eigenvalue weighted by Crippen LogP contribution is -2.33. The van der Waals surface area contributed by atoms with E-state index in [1.54, 1.807) is 0 Å². The maximum absolute atomic E-state index is 12.1. The molecular formula is C16H13NO3. The lowest BCUT2D eigenvalue weighted by atomic mass is 9.95. The van der Waals surface area contributed by atoms with Crippen LogP contribution in [0, 0.1) is 5.21 Å². The third kappa shape index (κ3) is 2.28. The van der Waals surface area contributed by atoms with Crippen molar-refractivity contribution in [1.82, 2.24) is 0 Å². The Kier molecular flexibility index (Phi) is 3.21. The summed E-state index contributed by atoms with van der Waals surface area (Å²) in [6.45, 7) is 0. The highest BCUT2D eigenvalue weighted by molar-refractivity contribution is 6.21. The molecule has 0 saturated heterocycles. The number of carbonyl (C=O) groups is 1. The average molecular weight is 267 g/mol. The molecule has 0 aromatic heterocycles. The van der Waals surface area contributed by atoms with Crippen molar-refractivity contribution in [2.24, 2.45) is 0 Å². The van der Waals surface area contributed by atoms with Crippen molar-refractivity contribution in [3.05, 3.63) is 77.0 Å². The second-order valence-electron chi connectivity index (χ2n) is 4.61. The van der Waals surface area contributed by atoms with E-state index >= 15 is 0 Å². The van der Waals surface area contributed by atoms with Crippen LogP contribution in [-0.2, 0) is 9.53 Å². The van der Waals surface area contributed by atoms with Crippen LogP contribution in [0.1, 0.15) is 23.3 Å². The lowest BCUT2D eigenvalue weighted by molar-refractivity contribution is -0.523. The average Bonchev–Trinajstić information content (AvgIpc) is 2.48. The molecule has 2 atom stereocenters. The molecule has 20 heavy (non-hydrogen) atoms. The second kappa shape index (κ2) is 5.17. The minimum absolute atomic E-state index is 0.559. The van der Waals surface area contributed by atoms with Crippen molar-refractivity contribution in [2.75, 3.05) is 0 Å². The number of cyclic esters (lactones) is 1. The highest BCUT2D eigenvalue weighted by Crippen LogP contribution is 2.36. The SMILES string of the molecule is O=C1C=[N+]([O-])[C@@H](c2ccccc2)[C@@H](c2ccccc2)O1. The van der Waals surface area contributed by atoms with E-state index in [2.05, 4.69) is 0 Å². The van der Waals surface area contributed by atoms with Gasteiger partial charge in [-0.3, -0.25) is 0 Å². The predicted molar refractivity (Wildman–Crippen MR) is 74.1 cm³/mol. The van der Waals surface area contributed by atoms with Crippen LogP contribution in [0.25, 0.3) is 0 Å². The van der Waals surface area contributed by atoms with Gasteiger partial charge in [-0.15, -0.1) is 0 Å². The van der Waals surface area contributed by atoms with Crippen molar-refractivity contribution in [1.29, 1.82) is 0 Å². The van der Waals surface area contributed by atoms with E-state index in [1.807, 2.05) is 60.7 Å². The first kappa shape index (κ1) is 12.4. The van der Waals surface area contributed by atoms with Crippen molar-refractivity contribution in [2.45, 2.75) is 12.1 Å². The van der Waals surface area contributed by atoms with Gasteiger partial charge in [0.2, 0.25) is 6.04 Å². The van der Waals surface area contributed by atoms with E-state index in [0.29, 0.717) is 4.74 Å². The molecule has 1 aliphatic heterocycles. The molecule has 0 bridgehead atoms. The third-order valence-electron chi connectivity index (χ3n) is 3.31. The van der Waals surface area contributed by atoms with Crippen LogP contribution < -0.4 is 0 Å². The molecule has 1 aliphatic rings.